The van der Waals surface area contributed by atoms with Crippen molar-refractivity contribution in [3.63, 3.8) is 0 Å². The van der Waals surface area contributed by atoms with Crippen LogP contribution in [-0.4, -0.2) is 60.6 Å². The molecule has 0 atom stereocenters. The van der Waals surface area contributed by atoms with Crippen molar-refractivity contribution in [3.05, 3.63) is 41.2 Å². The fraction of sp³-hybridized carbons (Fsp3) is 0.526. The highest BCUT2D eigenvalue weighted by atomic mass is 127. The van der Waals surface area contributed by atoms with Gasteiger partial charge in [-0.05, 0) is 11.1 Å². The van der Waals surface area contributed by atoms with Crippen molar-refractivity contribution in [1.82, 2.24) is 19.6 Å². The van der Waals surface area contributed by atoms with Gasteiger partial charge in [-0.3, -0.25) is 4.99 Å². The average Bonchev–Trinajstić information content (AvgIpc) is 3.19. The maximum atomic E-state index is 5.21. The highest BCUT2D eigenvalue weighted by Gasteiger charge is 2.21. The first kappa shape index (κ1) is 22.8. The number of aliphatic imine (C=N–C) groups is 1. The number of halogens is 1. The standard InChI is InChI=1S/C19H28N6OS.HI/c1-4-17-22-19(27-23-17)25-10-8-24(9-11-25)18(20-2)21-13-15-6-5-7-16(12-15)14-26-3;/h5-7,12H,4,8-11,13-14H2,1-3H3,(H,20,21);1H. The molecule has 2 heterocycles. The zero-order valence-electron chi connectivity index (χ0n) is 16.7. The molecule has 0 spiro atoms. The fourth-order valence-electron chi connectivity index (χ4n) is 3.14. The molecule has 1 saturated heterocycles. The third-order valence-corrected chi connectivity index (χ3v) is 5.40. The lowest BCUT2D eigenvalue weighted by molar-refractivity contribution is 0.185. The van der Waals surface area contributed by atoms with Crippen LogP contribution in [0.4, 0.5) is 5.13 Å². The van der Waals surface area contributed by atoms with Crippen LogP contribution in [0.25, 0.3) is 0 Å². The Morgan fingerprint density at radius 3 is 2.64 bits per heavy atom. The van der Waals surface area contributed by atoms with Crippen LogP contribution >= 0.6 is 35.5 Å². The number of hydrogen-bond donors (Lipinski definition) is 1. The molecular formula is C19H29IN6OS. The molecule has 2 aromatic rings. The maximum Gasteiger partial charge on any atom is 0.205 e. The van der Waals surface area contributed by atoms with Crippen LogP contribution in [0.1, 0.15) is 23.9 Å². The summed E-state index contributed by atoms with van der Waals surface area (Å²) in [6.45, 7) is 7.18. The molecule has 1 aromatic carbocycles. The van der Waals surface area contributed by atoms with Crippen molar-refractivity contribution in [1.29, 1.82) is 0 Å². The van der Waals surface area contributed by atoms with Gasteiger partial charge in [-0.15, -0.1) is 24.0 Å². The number of anilines is 1. The topological polar surface area (TPSA) is 65.9 Å². The molecule has 1 N–H and O–H groups in total. The second-order valence-corrected chi connectivity index (χ2v) is 7.20. The monoisotopic (exact) mass is 516 g/mol. The normalized spacial score (nSPS) is 14.8. The van der Waals surface area contributed by atoms with E-state index in [1.807, 2.05) is 7.05 Å². The number of nitrogens with zero attached hydrogens (tertiary/aromatic N) is 5. The van der Waals surface area contributed by atoms with Crippen LogP contribution in [0.5, 0.6) is 0 Å². The maximum absolute atomic E-state index is 5.21. The number of benzene rings is 1. The van der Waals surface area contributed by atoms with E-state index in [2.05, 4.69) is 60.7 Å². The summed E-state index contributed by atoms with van der Waals surface area (Å²) in [5, 5.41) is 4.52. The van der Waals surface area contributed by atoms with Gasteiger partial charge in [-0.2, -0.15) is 4.37 Å². The second-order valence-electron chi connectivity index (χ2n) is 6.47. The molecule has 0 unspecified atom stereocenters. The lowest BCUT2D eigenvalue weighted by Crippen LogP contribution is -2.52. The number of rotatable bonds is 6. The van der Waals surface area contributed by atoms with Crippen molar-refractivity contribution >= 4 is 46.6 Å². The predicted molar refractivity (Wildman–Crippen MR) is 126 cm³/mol. The van der Waals surface area contributed by atoms with E-state index < -0.39 is 0 Å². The fourth-order valence-corrected chi connectivity index (χ4v) is 3.94. The zero-order chi connectivity index (χ0) is 19.1. The van der Waals surface area contributed by atoms with Gasteiger partial charge in [-0.1, -0.05) is 31.2 Å². The predicted octanol–water partition coefficient (Wildman–Crippen LogP) is 2.76. The van der Waals surface area contributed by atoms with Gasteiger partial charge in [0.2, 0.25) is 5.13 Å². The van der Waals surface area contributed by atoms with Gasteiger partial charge in [0.25, 0.3) is 0 Å². The van der Waals surface area contributed by atoms with Gasteiger partial charge < -0.3 is 19.9 Å². The Balaban J connectivity index is 0.00000280. The van der Waals surface area contributed by atoms with Crippen LogP contribution in [-0.2, 0) is 24.3 Å². The van der Waals surface area contributed by atoms with E-state index in [0.717, 1.165) is 56.1 Å². The van der Waals surface area contributed by atoms with E-state index in [-0.39, 0.29) is 24.0 Å². The Morgan fingerprint density at radius 2 is 2.00 bits per heavy atom. The molecule has 9 heteroatoms. The molecule has 0 saturated carbocycles. The van der Waals surface area contributed by atoms with Crippen molar-refractivity contribution in [2.75, 3.05) is 45.2 Å². The third kappa shape index (κ3) is 6.02. The van der Waals surface area contributed by atoms with Gasteiger partial charge >= 0.3 is 0 Å². The number of hydrogen-bond acceptors (Lipinski definition) is 6. The van der Waals surface area contributed by atoms with Crippen molar-refractivity contribution in [3.8, 4) is 0 Å². The molecule has 1 aromatic heterocycles. The number of piperazine rings is 1. The molecule has 1 aliphatic rings. The lowest BCUT2D eigenvalue weighted by atomic mass is 10.1. The first-order valence-electron chi connectivity index (χ1n) is 9.33. The molecule has 1 fully saturated rings. The molecule has 3 rings (SSSR count). The van der Waals surface area contributed by atoms with Crippen LogP contribution in [0.3, 0.4) is 0 Å². The Kier molecular flexibility index (Phi) is 9.39. The van der Waals surface area contributed by atoms with Gasteiger partial charge in [0.1, 0.15) is 5.82 Å². The number of guanidine groups is 1. The summed E-state index contributed by atoms with van der Waals surface area (Å²) < 4.78 is 9.61. The minimum absolute atomic E-state index is 0. The van der Waals surface area contributed by atoms with Crippen LogP contribution in [0.15, 0.2) is 29.3 Å². The average molecular weight is 516 g/mol. The third-order valence-electron chi connectivity index (χ3n) is 4.59. The van der Waals surface area contributed by atoms with Gasteiger partial charge in [0, 0.05) is 64.8 Å². The van der Waals surface area contributed by atoms with E-state index >= 15 is 0 Å². The van der Waals surface area contributed by atoms with E-state index in [9.17, 15) is 0 Å². The summed E-state index contributed by atoms with van der Waals surface area (Å²) in [5.74, 6) is 1.88. The molecule has 0 aliphatic carbocycles. The van der Waals surface area contributed by atoms with Gasteiger partial charge in [0.05, 0.1) is 6.61 Å². The molecule has 0 radical (unpaired) electrons. The highest BCUT2D eigenvalue weighted by molar-refractivity contribution is 14.0. The number of aromatic nitrogens is 2. The van der Waals surface area contributed by atoms with Crippen LogP contribution < -0.4 is 10.2 Å². The Morgan fingerprint density at radius 1 is 1.25 bits per heavy atom. The molecule has 154 valence electrons. The smallest absolute Gasteiger partial charge is 0.205 e. The minimum atomic E-state index is 0. The SMILES string of the molecule is CCc1nsc(N2CCN(C(=NC)NCc3cccc(COC)c3)CC2)n1.I. The van der Waals surface area contributed by atoms with Gasteiger partial charge in [-0.25, -0.2) is 4.98 Å². The van der Waals surface area contributed by atoms with Crippen LogP contribution in [0, 0.1) is 0 Å². The molecule has 7 nitrogen and oxygen atoms in total. The van der Waals surface area contributed by atoms with Crippen LogP contribution in [0.2, 0.25) is 0 Å². The number of ether oxygens (including phenoxy) is 1. The summed E-state index contributed by atoms with van der Waals surface area (Å²) in [7, 11) is 3.56. The second kappa shape index (κ2) is 11.5. The highest BCUT2D eigenvalue weighted by Crippen LogP contribution is 2.19. The van der Waals surface area contributed by atoms with Crippen molar-refractivity contribution in [2.45, 2.75) is 26.5 Å². The Labute approximate surface area is 188 Å². The van der Waals surface area contributed by atoms with Crippen molar-refractivity contribution in [2.24, 2.45) is 4.99 Å². The summed E-state index contributed by atoms with van der Waals surface area (Å²) >= 11 is 1.50. The largest absolute Gasteiger partial charge is 0.380 e. The van der Waals surface area contributed by atoms with E-state index in [1.165, 1.54) is 22.7 Å². The summed E-state index contributed by atoms with van der Waals surface area (Å²) in [6.07, 6.45) is 0.888. The first-order chi connectivity index (χ1) is 13.2. The summed E-state index contributed by atoms with van der Waals surface area (Å²) in [4.78, 5) is 13.7. The van der Waals surface area contributed by atoms with E-state index in [4.69, 9.17) is 4.74 Å². The lowest BCUT2D eigenvalue weighted by Gasteiger charge is -2.36. The van der Waals surface area contributed by atoms with E-state index in [0.29, 0.717) is 6.61 Å². The van der Waals surface area contributed by atoms with E-state index in [1.54, 1.807) is 7.11 Å². The molecule has 0 amide bonds. The van der Waals surface area contributed by atoms with Gasteiger partial charge in [0.15, 0.2) is 5.96 Å². The summed E-state index contributed by atoms with van der Waals surface area (Å²) in [5.41, 5.74) is 2.41. The number of aryl methyl sites for hydroxylation is 1. The Hall–Kier alpha value is -1.46. The van der Waals surface area contributed by atoms with Crippen molar-refractivity contribution < 1.29 is 4.74 Å². The Bertz CT molecular complexity index is 760. The molecule has 1 aliphatic heterocycles. The zero-order valence-corrected chi connectivity index (χ0v) is 19.9. The number of nitrogens with one attached hydrogen (secondary N) is 1. The summed E-state index contributed by atoms with van der Waals surface area (Å²) in [6, 6.07) is 8.44. The quantitative estimate of drug-likeness (QED) is 0.362. The molecule has 0 bridgehead atoms. The minimum Gasteiger partial charge on any atom is -0.380 e. The molecule has 28 heavy (non-hydrogen) atoms. The molecular weight excluding hydrogens is 487 g/mol. The number of methoxy groups -OCH3 is 1. The first-order valence-corrected chi connectivity index (χ1v) is 10.1.